The third-order valence-electron chi connectivity index (χ3n) is 4.74. The average Bonchev–Trinajstić information content (AvgIpc) is 2.71. The van der Waals surface area contributed by atoms with Gasteiger partial charge in [0.1, 0.15) is 5.75 Å². The lowest BCUT2D eigenvalue weighted by Gasteiger charge is -2.24. The van der Waals surface area contributed by atoms with Crippen LogP contribution in [0.5, 0.6) is 5.75 Å². The van der Waals surface area contributed by atoms with Crippen LogP contribution in [0.2, 0.25) is 0 Å². The molecule has 0 saturated heterocycles. The van der Waals surface area contributed by atoms with Crippen LogP contribution in [0.15, 0.2) is 59.5 Å². The summed E-state index contributed by atoms with van der Waals surface area (Å²) in [6.07, 6.45) is 6.49. The number of sulfonamides is 1. The predicted octanol–water partition coefficient (Wildman–Crippen LogP) is 4.08. The molecule has 0 bridgehead atoms. The fourth-order valence-electron chi connectivity index (χ4n) is 3.28. The van der Waals surface area contributed by atoms with Crippen molar-refractivity contribution in [1.29, 1.82) is 0 Å². The van der Waals surface area contributed by atoms with E-state index in [0.29, 0.717) is 11.4 Å². The van der Waals surface area contributed by atoms with Gasteiger partial charge in [-0.25, -0.2) is 8.42 Å². The first-order chi connectivity index (χ1) is 15.0. The molecular formula is C24H27N3O4S. The van der Waals surface area contributed by atoms with E-state index in [-0.39, 0.29) is 11.0 Å². The molecule has 2 aromatic carbocycles. The minimum atomic E-state index is -3.33. The number of nitrogens with zero attached hydrogens (tertiary/aromatic N) is 2. The molecule has 3 aromatic rings. The Hall–Kier alpha value is -3.39. The smallest absolute Gasteiger partial charge is 0.271 e. The van der Waals surface area contributed by atoms with Gasteiger partial charge >= 0.3 is 0 Å². The van der Waals surface area contributed by atoms with Crippen LogP contribution >= 0.6 is 0 Å². The molecule has 0 radical (unpaired) electrons. The van der Waals surface area contributed by atoms with E-state index in [1.165, 1.54) is 10.7 Å². The second-order valence-electron chi connectivity index (χ2n) is 8.47. The number of rotatable bonds is 6. The molecule has 8 heteroatoms. The summed E-state index contributed by atoms with van der Waals surface area (Å²) in [5, 5.41) is 4.21. The highest BCUT2D eigenvalue weighted by Gasteiger charge is 2.22. The molecule has 3 rings (SSSR count). The van der Waals surface area contributed by atoms with E-state index in [2.05, 4.69) is 30.6 Å². The van der Waals surface area contributed by atoms with Crippen LogP contribution in [0.25, 0.3) is 17.8 Å². The highest BCUT2D eigenvalue weighted by atomic mass is 32.2. The van der Waals surface area contributed by atoms with Crippen molar-refractivity contribution in [2.24, 2.45) is 0 Å². The Bertz CT molecular complexity index is 1300. The maximum Gasteiger partial charge on any atom is 0.271 e. The molecule has 32 heavy (non-hydrogen) atoms. The van der Waals surface area contributed by atoms with E-state index in [1.54, 1.807) is 31.5 Å². The fourth-order valence-corrected chi connectivity index (χ4v) is 3.84. The molecule has 0 atom stereocenters. The number of methoxy groups -OCH3 is 1. The Kier molecular flexibility index (Phi) is 6.55. The number of anilines is 1. The molecular weight excluding hydrogens is 426 g/mol. The van der Waals surface area contributed by atoms with Gasteiger partial charge in [0.15, 0.2) is 0 Å². The summed E-state index contributed by atoms with van der Waals surface area (Å²) in [5.41, 5.74) is 3.31. The second-order valence-corrected chi connectivity index (χ2v) is 10.2. The largest absolute Gasteiger partial charge is 0.496 e. The Morgan fingerprint density at radius 3 is 2.31 bits per heavy atom. The van der Waals surface area contributed by atoms with E-state index >= 15 is 0 Å². The zero-order valence-electron chi connectivity index (χ0n) is 18.8. The zero-order chi connectivity index (χ0) is 23.5. The van der Waals surface area contributed by atoms with E-state index < -0.39 is 10.0 Å². The highest BCUT2D eigenvalue weighted by molar-refractivity contribution is 7.92. The van der Waals surface area contributed by atoms with Crippen molar-refractivity contribution in [3.8, 4) is 11.4 Å². The lowest BCUT2D eigenvalue weighted by molar-refractivity contribution is 0.396. The number of hydrogen-bond acceptors (Lipinski definition) is 5. The molecule has 0 aliphatic rings. The van der Waals surface area contributed by atoms with E-state index in [1.807, 2.05) is 36.4 Å². The Morgan fingerprint density at radius 2 is 1.75 bits per heavy atom. The standard InChI is InChI=1S/C24H27N3O4S/c1-24(2,3)21-16-20(27-22(28)7-6-14-25-27)15-18(23(21)31-4)11-8-17-9-12-19(13-10-17)26-32(5,29)30/h6-16,26H,1-5H3/b11-8+. The summed E-state index contributed by atoms with van der Waals surface area (Å²) in [6.45, 7) is 6.24. The number of aromatic nitrogens is 2. The number of benzene rings is 2. The van der Waals surface area contributed by atoms with Crippen LogP contribution in [0.4, 0.5) is 5.69 Å². The molecule has 1 heterocycles. The van der Waals surface area contributed by atoms with Gasteiger partial charge in [0, 0.05) is 29.1 Å². The van der Waals surface area contributed by atoms with Crippen molar-refractivity contribution < 1.29 is 13.2 Å². The van der Waals surface area contributed by atoms with Gasteiger partial charge in [0.2, 0.25) is 10.0 Å². The zero-order valence-corrected chi connectivity index (χ0v) is 19.6. The maximum absolute atomic E-state index is 12.4. The fraction of sp³-hybridized carbons (Fsp3) is 0.250. The van der Waals surface area contributed by atoms with Gasteiger partial charge in [-0.15, -0.1) is 0 Å². The summed E-state index contributed by atoms with van der Waals surface area (Å²) in [5.74, 6) is 0.719. The van der Waals surface area contributed by atoms with Gasteiger partial charge in [-0.3, -0.25) is 9.52 Å². The summed E-state index contributed by atoms with van der Waals surface area (Å²) >= 11 is 0. The summed E-state index contributed by atoms with van der Waals surface area (Å²) in [7, 11) is -1.70. The topological polar surface area (TPSA) is 90.3 Å². The Balaban J connectivity index is 2.07. The van der Waals surface area contributed by atoms with Crippen LogP contribution in [-0.2, 0) is 15.4 Å². The van der Waals surface area contributed by atoms with Crippen LogP contribution < -0.4 is 15.0 Å². The number of ether oxygens (including phenoxy) is 1. The molecule has 7 nitrogen and oxygen atoms in total. The number of nitrogens with one attached hydrogen (secondary N) is 1. The quantitative estimate of drug-likeness (QED) is 0.568. The van der Waals surface area contributed by atoms with Crippen molar-refractivity contribution in [2.45, 2.75) is 26.2 Å². The molecule has 1 aromatic heterocycles. The first-order valence-electron chi connectivity index (χ1n) is 10.0. The van der Waals surface area contributed by atoms with Gasteiger partial charge < -0.3 is 4.74 Å². The van der Waals surface area contributed by atoms with Crippen LogP contribution in [0.3, 0.4) is 0 Å². The first kappa shape index (κ1) is 23.3. The van der Waals surface area contributed by atoms with Gasteiger partial charge in [-0.1, -0.05) is 45.1 Å². The van der Waals surface area contributed by atoms with Crippen molar-refractivity contribution in [2.75, 3.05) is 18.1 Å². The molecule has 0 aliphatic heterocycles. The Labute approximate surface area is 188 Å². The average molecular weight is 454 g/mol. The monoisotopic (exact) mass is 453 g/mol. The van der Waals surface area contributed by atoms with Gasteiger partial charge in [0.25, 0.3) is 5.56 Å². The van der Waals surface area contributed by atoms with Gasteiger partial charge in [0.05, 0.1) is 19.1 Å². The third kappa shape index (κ3) is 5.64. The normalized spacial score (nSPS) is 12.2. The Morgan fingerprint density at radius 1 is 1.06 bits per heavy atom. The molecule has 0 aliphatic carbocycles. The predicted molar refractivity (Wildman–Crippen MR) is 129 cm³/mol. The summed E-state index contributed by atoms with van der Waals surface area (Å²) < 4.78 is 32.3. The van der Waals surface area contributed by atoms with E-state index in [4.69, 9.17) is 4.74 Å². The molecule has 0 fully saturated rings. The number of hydrogen-bond donors (Lipinski definition) is 1. The first-order valence-corrected chi connectivity index (χ1v) is 11.9. The van der Waals surface area contributed by atoms with Crippen molar-refractivity contribution >= 4 is 27.9 Å². The lowest BCUT2D eigenvalue weighted by atomic mass is 9.84. The summed E-state index contributed by atoms with van der Waals surface area (Å²) in [6, 6.07) is 13.9. The van der Waals surface area contributed by atoms with Crippen molar-refractivity contribution in [3.63, 3.8) is 0 Å². The van der Waals surface area contributed by atoms with Crippen LogP contribution in [0.1, 0.15) is 37.5 Å². The minimum absolute atomic E-state index is 0.221. The third-order valence-corrected chi connectivity index (χ3v) is 5.35. The van der Waals surface area contributed by atoms with Gasteiger partial charge in [-0.05, 0) is 41.3 Å². The van der Waals surface area contributed by atoms with Crippen molar-refractivity contribution in [1.82, 2.24) is 9.78 Å². The van der Waals surface area contributed by atoms with Gasteiger partial charge in [-0.2, -0.15) is 9.78 Å². The van der Waals surface area contributed by atoms with E-state index in [0.717, 1.165) is 28.7 Å². The van der Waals surface area contributed by atoms with E-state index in [9.17, 15) is 13.2 Å². The van der Waals surface area contributed by atoms with Crippen LogP contribution in [0, 0.1) is 0 Å². The lowest BCUT2D eigenvalue weighted by Crippen LogP contribution is -2.21. The van der Waals surface area contributed by atoms with Crippen molar-refractivity contribution in [3.05, 3.63) is 81.8 Å². The summed E-state index contributed by atoms with van der Waals surface area (Å²) in [4.78, 5) is 12.4. The molecule has 1 N–H and O–H groups in total. The minimum Gasteiger partial charge on any atom is -0.496 e. The molecule has 0 unspecified atom stereocenters. The molecule has 0 saturated carbocycles. The molecule has 168 valence electrons. The second kappa shape index (κ2) is 9.00. The molecule has 0 amide bonds. The highest BCUT2D eigenvalue weighted by Crippen LogP contribution is 2.37. The molecule has 0 spiro atoms. The van der Waals surface area contributed by atoms with Crippen LogP contribution in [-0.4, -0.2) is 31.6 Å². The maximum atomic E-state index is 12.4. The SMILES string of the molecule is COc1c(/C=C/c2ccc(NS(C)(=O)=O)cc2)cc(-n2ncccc2=O)cc1C(C)(C)C.